The van der Waals surface area contributed by atoms with Gasteiger partial charge in [-0.2, -0.15) is 0 Å². The first-order chi connectivity index (χ1) is 18.3. The second kappa shape index (κ2) is 13.5. The van der Waals surface area contributed by atoms with Gasteiger partial charge in [0.2, 0.25) is 0 Å². The summed E-state index contributed by atoms with van der Waals surface area (Å²) in [5.74, 6) is 2.20. The molecule has 4 aliphatic carbocycles. The summed E-state index contributed by atoms with van der Waals surface area (Å²) in [6.45, 7) is 8.87. The number of carbonyl (C=O) groups excluding carboxylic acids is 1. The van der Waals surface area contributed by atoms with Crippen molar-refractivity contribution in [3.63, 3.8) is 0 Å². The highest BCUT2D eigenvalue weighted by atomic mass is 31.2. The van der Waals surface area contributed by atoms with Gasteiger partial charge in [0.1, 0.15) is 6.29 Å². The fourth-order valence-electron chi connectivity index (χ4n) is 9.65. The molecule has 0 bridgehead atoms. The number of hydrogen-bond donors (Lipinski definition) is 5. The van der Waals surface area contributed by atoms with Crippen molar-refractivity contribution in [2.75, 3.05) is 19.8 Å². The van der Waals surface area contributed by atoms with E-state index in [9.17, 15) is 19.3 Å². The van der Waals surface area contributed by atoms with Crippen molar-refractivity contribution in [3.05, 3.63) is 0 Å². The van der Waals surface area contributed by atoms with Gasteiger partial charge < -0.3 is 30.1 Å². The molecule has 0 heterocycles. The molecule has 9 heteroatoms. The Balaban J connectivity index is 0.000000276. The molecule has 0 saturated heterocycles. The van der Waals surface area contributed by atoms with Crippen LogP contribution < -0.4 is 5.32 Å². The summed E-state index contributed by atoms with van der Waals surface area (Å²) in [4.78, 5) is 37.3. The van der Waals surface area contributed by atoms with Crippen LogP contribution in [0.5, 0.6) is 0 Å². The summed E-state index contributed by atoms with van der Waals surface area (Å²) >= 11 is 0. The standard InChI is InChI=1S/C24H43NO.C6H11O6P/c1-16(11-14-25-4)18-8-9-19-22-20(10-13-24(18,19)3)23(2)12-6-5-7-17(23)15-21(22)26;7-3-1-2-5(6(8)9)4-13(10,11)12/h16-22,25-26H,5-15H2,1-4H3;3,5H,1-2,4H2,(H,8,9)(H2,10,11,12)/t16-,17?,18?,19?,20?,21?,22?,23?,24?;/m1./s1. The lowest BCUT2D eigenvalue weighted by Crippen LogP contribution is -2.57. The van der Waals surface area contributed by atoms with E-state index < -0.39 is 25.6 Å². The van der Waals surface area contributed by atoms with Gasteiger partial charge >= 0.3 is 13.6 Å². The van der Waals surface area contributed by atoms with Crippen LogP contribution in [0, 0.1) is 52.3 Å². The van der Waals surface area contributed by atoms with Crippen molar-refractivity contribution in [2.45, 2.75) is 104 Å². The maximum atomic E-state index is 11.3. The molecule has 4 aliphatic rings. The van der Waals surface area contributed by atoms with Gasteiger partial charge in [0.05, 0.1) is 18.2 Å². The SMILES string of the molecule is CNCC[C@@H](C)C1CCC2C3C(O)CC4CCCCC4(C)C3CCC21C.O=CCCC(CP(=O)(O)O)C(=O)O. The summed E-state index contributed by atoms with van der Waals surface area (Å²) in [7, 11) is -2.23. The number of nitrogens with one attached hydrogen (secondary N) is 1. The van der Waals surface area contributed by atoms with Crippen molar-refractivity contribution < 1.29 is 34.2 Å². The summed E-state index contributed by atoms with van der Waals surface area (Å²) in [5.41, 5.74) is 1.01. The van der Waals surface area contributed by atoms with E-state index in [-0.39, 0.29) is 18.9 Å². The summed E-state index contributed by atoms with van der Waals surface area (Å²) in [6, 6.07) is 0. The molecule has 4 rings (SSSR count). The summed E-state index contributed by atoms with van der Waals surface area (Å²) in [5, 5.41) is 23.1. The Morgan fingerprint density at radius 3 is 2.36 bits per heavy atom. The molecule has 9 unspecified atom stereocenters. The largest absolute Gasteiger partial charge is 0.481 e. The van der Waals surface area contributed by atoms with Gasteiger partial charge in [0.15, 0.2) is 0 Å². The predicted octanol–water partition coefficient (Wildman–Crippen LogP) is 5.10. The molecule has 0 aromatic carbocycles. The molecule has 0 spiro atoms. The third-order valence-electron chi connectivity index (χ3n) is 11.7. The summed E-state index contributed by atoms with van der Waals surface area (Å²) in [6.07, 6.45) is 13.4. The number of aliphatic hydroxyl groups is 1. The molecule has 0 amide bonds. The average molecular weight is 572 g/mol. The fraction of sp³-hybridized carbons (Fsp3) is 0.933. The zero-order valence-electron chi connectivity index (χ0n) is 24.6. The number of aliphatic carboxylic acids is 1. The van der Waals surface area contributed by atoms with Gasteiger partial charge in [0.25, 0.3) is 0 Å². The Morgan fingerprint density at radius 1 is 1.05 bits per heavy atom. The number of aldehydes is 1. The second-order valence-corrected chi connectivity index (χ2v) is 15.5. The maximum absolute atomic E-state index is 11.3. The monoisotopic (exact) mass is 571 g/mol. The van der Waals surface area contributed by atoms with Crippen LogP contribution in [-0.2, 0) is 14.2 Å². The molecule has 8 nitrogen and oxygen atoms in total. The Morgan fingerprint density at radius 2 is 1.74 bits per heavy atom. The Hall–Kier alpha value is -0.790. The molecule has 10 atom stereocenters. The Bertz CT molecular complexity index is 879. The number of carboxylic acid groups (broad SMARTS) is 1. The van der Waals surface area contributed by atoms with Gasteiger partial charge in [-0.15, -0.1) is 0 Å². The molecule has 39 heavy (non-hydrogen) atoms. The predicted molar refractivity (Wildman–Crippen MR) is 152 cm³/mol. The molecule has 0 aromatic heterocycles. The topological polar surface area (TPSA) is 144 Å². The molecule has 0 aliphatic heterocycles. The molecule has 0 aromatic rings. The number of carbonyl (C=O) groups is 2. The van der Waals surface area contributed by atoms with Gasteiger partial charge in [-0.3, -0.25) is 9.36 Å². The minimum atomic E-state index is -4.31. The van der Waals surface area contributed by atoms with E-state index in [1.165, 1.54) is 57.8 Å². The van der Waals surface area contributed by atoms with Crippen LogP contribution in [0.3, 0.4) is 0 Å². The minimum Gasteiger partial charge on any atom is -0.481 e. The van der Waals surface area contributed by atoms with Gasteiger partial charge in [-0.05, 0) is 118 Å². The quantitative estimate of drug-likeness (QED) is 0.180. The van der Waals surface area contributed by atoms with Crippen LogP contribution in [0.1, 0.15) is 97.8 Å². The van der Waals surface area contributed by atoms with Crippen molar-refractivity contribution in [2.24, 2.45) is 52.3 Å². The van der Waals surface area contributed by atoms with Crippen LogP contribution in [0.4, 0.5) is 0 Å². The first-order valence-corrected chi connectivity index (χ1v) is 17.1. The lowest BCUT2D eigenvalue weighted by molar-refractivity contribution is -0.164. The first kappa shape index (κ1) is 32.7. The van der Waals surface area contributed by atoms with Crippen LogP contribution in [0.25, 0.3) is 0 Å². The Kier molecular flexibility index (Phi) is 11.3. The molecule has 226 valence electrons. The normalized spacial score (nSPS) is 39.3. The first-order valence-electron chi connectivity index (χ1n) is 15.3. The average Bonchev–Trinajstić information content (AvgIpc) is 3.22. The fourth-order valence-corrected chi connectivity index (χ4v) is 10.6. The van der Waals surface area contributed by atoms with Gasteiger partial charge in [-0.25, -0.2) is 0 Å². The zero-order valence-corrected chi connectivity index (χ0v) is 25.5. The molecular formula is C30H54NO7P. The molecule has 4 saturated carbocycles. The number of rotatable bonds is 10. The number of carboxylic acids is 1. The smallest absolute Gasteiger partial charge is 0.326 e. The highest BCUT2D eigenvalue weighted by Crippen LogP contribution is 2.68. The van der Waals surface area contributed by atoms with Gasteiger partial charge in [-0.1, -0.05) is 33.6 Å². The third kappa shape index (κ3) is 7.35. The Labute approximate surface area is 235 Å². The van der Waals surface area contributed by atoms with E-state index in [1.807, 2.05) is 0 Å². The highest BCUT2D eigenvalue weighted by molar-refractivity contribution is 7.51. The molecular weight excluding hydrogens is 517 g/mol. The van der Waals surface area contributed by atoms with E-state index in [0.29, 0.717) is 23.0 Å². The number of fused-ring (bicyclic) bond motifs is 5. The molecule has 0 radical (unpaired) electrons. The maximum Gasteiger partial charge on any atom is 0.326 e. The minimum absolute atomic E-state index is 0.00301. The van der Waals surface area contributed by atoms with Gasteiger partial charge in [0, 0.05) is 6.42 Å². The number of aliphatic hydroxyl groups excluding tert-OH is 1. The van der Waals surface area contributed by atoms with Crippen LogP contribution in [-0.4, -0.2) is 58.1 Å². The zero-order chi connectivity index (χ0) is 29.0. The van der Waals surface area contributed by atoms with Crippen molar-refractivity contribution in [3.8, 4) is 0 Å². The van der Waals surface area contributed by atoms with Crippen LogP contribution in [0.15, 0.2) is 0 Å². The summed E-state index contributed by atoms with van der Waals surface area (Å²) < 4.78 is 10.5. The van der Waals surface area contributed by atoms with Crippen molar-refractivity contribution in [1.29, 1.82) is 0 Å². The third-order valence-corrected chi connectivity index (χ3v) is 12.6. The number of hydrogen-bond acceptors (Lipinski definition) is 5. The lowest BCUT2D eigenvalue weighted by atomic mass is 9.44. The van der Waals surface area contributed by atoms with Crippen LogP contribution >= 0.6 is 7.60 Å². The molecule has 5 N–H and O–H groups in total. The van der Waals surface area contributed by atoms with E-state index >= 15 is 0 Å². The highest BCUT2D eigenvalue weighted by Gasteiger charge is 2.62. The van der Waals surface area contributed by atoms with E-state index in [4.69, 9.17) is 14.9 Å². The van der Waals surface area contributed by atoms with E-state index in [2.05, 4.69) is 33.1 Å². The van der Waals surface area contributed by atoms with E-state index in [1.54, 1.807) is 0 Å². The molecule has 4 fully saturated rings. The second-order valence-electron chi connectivity index (χ2n) is 13.8. The van der Waals surface area contributed by atoms with E-state index in [0.717, 1.165) is 42.6 Å². The van der Waals surface area contributed by atoms with Crippen molar-refractivity contribution >= 4 is 19.9 Å². The van der Waals surface area contributed by atoms with Crippen LogP contribution in [0.2, 0.25) is 0 Å². The van der Waals surface area contributed by atoms with Crippen molar-refractivity contribution in [1.82, 2.24) is 5.32 Å². The lowest BCUT2D eigenvalue weighted by Gasteiger charge is -2.62.